The van der Waals surface area contributed by atoms with Crippen LogP contribution in [0.2, 0.25) is 0 Å². The van der Waals surface area contributed by atoms with Crippen LogP contribution in [0.4, 0.5) is 0 Å². The second-order valence-corrected chi connectivity index (χ2v) is 6.03. The Labute approximate surface area is 124 Å². The van der Waals surface area contributed by atoms with Gasteiger partial charge in [-0.25, -0.2) is 4.98 Å². The number of hydrogen-bond donors (Lipinski definition) is 0. The molecule has 0 aliphatic heterocycles. The lowest BCUT2D eigenvalue weighted by Gasteiger charge is -2.15. The molecule has 0 saturated heterocycles. The smallest absolute Gasteiger partial charge is 0.147 e. The summed E-state index contributed by atoms with van der Waals surface area (Å²) in [5.41, 5.74) is 2.11. The molecule has 0 unspecified atom stereocenters. The van der Waals surface area contributed by atoms with Gasteiger partial charge in [0.1, 0.15) is 17.1 Å². The van der Waals surface area contributed by atoms with Crippen LogP contribution in [0.5, 0.6) is 5.75 Å². The number of halogens is 1. The summed E-state index contributed by atoms with van der Waals surface area (Å²) in [5.74, 6) is 2.28. The Hall–Kier alpha value is -1.22. The van der Waals surface area contributed by atoms with Crippen LogP contribution in [0.3, 0.4) is 0 Å². The molecule has 2 aromatic rings. The molecule has 0 radical (unpaired) electrons. The van der Waals surface area contributed by atoms with Crippen LogP contribution in [0.15, 0.2) is 18.2 Å². The van der Waals surface area contributed by atoms with Crippen LogP contribution in [-0.2, 0) is 5.88 Å². The highest BCUT2D eigenvalue weighted by molar-refractivity contribution is 6.16. The largest absolute Gasteiger partial charge is 0.489 e. The first kappa shape index (κ1) is 13.7. The molecule has 3 rings (SSSR count). The number of rotatable bonds is 4. The number of ether oxygens (including phenoxy) is 1. The van der Waals surface area contributed by atoms with Crippen LogP contribution in [-0.4, -0.2) is 15.7 Å². The van der Waals surface area contributed by atoms with Gasteiger partial charge in [-0.1, -0.05) is 18.9 Å². The topological polar surface area (TPSA) is 27.1 Å². The molecule has 1 fully saturated rings. The summed E-state index contributed by atoms with van der Waals surface area (Å²) in [6, 6.07) is 6.71. The van der Waals surface area contributed by atoms with E-state index in [1.807, 2.05) is 26.0 Å². The van der Waals surface area contributed by atoms with Crippen molar-refractivity contribution in [1.29, 1.82) is 0 Å². The molecule has 1 aliphatic rings. The average molecular weight is 293 g/mol. The molecule has 3 nitrogen and oxygen atoms in total. The van der Waals surface area contributed by atoms with Crippen molar-refractivity contribution in [3.05, 3.63) is 24.0 Å². The third kappa shape index (κ3) is 2.39. The first-order chi connectivity index (χ1) is 9.70. The van der Waals surface area contributed by atoms with Gasteiger partial charge in [-0.15, -0.1) is 11.6 Å². The average Bonchev–Trinajstić information content (AvgIpc) is 3.04. The number of hydrogen-bond acceptors (Lipinski definition) is 2. The van der Waals surface area contributed by atoms with Gasteiger partial charge in [-0.2, -0.15) is 0 Å². The van der Waals surface area contributed by atoms with E-state index in [0.717, 1.165) is 22.6 Å². The van der Waals surface area contributed by atoms with Crippen molar-refractivity contribution in [3.63, 3.8) is 0 Å². The molecule has 0 amide bonds. The first-order valence-electron chi connectivity index (χ1n) is 7.43. The molecule has 0 atom stereocenters. The molecule has 108 valence electrons. The molecule has 1 aliphatic carbocycles. The second kappa shape index (κ2) is 5.65. The van der Waals surface area contributed by atoms with Crippen LogP contribution >= 0.6 is 11.6 Å². The maximum Gasteiger partial charge on any atom is 0.147 e. The zero-order valence-electron chi connectivity index (χ0n) is 12.1. The van der Waals surface area contributed by atoms with Gasteiger partial charge in [0.15, 0.2) is 0 Å². The quantitative estimate of drug-likeness (QED) is 0.765. The number of nitrogens with zero attached hydrogens (tertiary/aromatic N) is 2. The molecule has 1 aromatic carbocycles. The van der Waals surface area contributed by atoms with Gasteiger partial charge in [0.05, 0.1) is 17.5 Å². The van der Waals surface area contributed by atoms with E-state index in [2.05, 4.69) is 10.6 Å². The number of benzene rings is 1. The molecule has 0 N–H and O–H groups in total. The lowest BCUT2D eigenvalue weighted by atomic mass is 10.2. The zero-order chi connectivity index (χ0) is 14.1. The summed E-state index contributed by atoms with van der Waals surface area (Å²) in [7, 11) is 0. The monoisotopic (exact) mass is 292 g/mol. The van der Waals surface area contributed by atoms with Crippen LogP contribution in [0, 0.1) is 0 Å². The minimum Gasteiger partial charge on any atom is -0.489 e. The maximum absolute atomic E-state index is 6.12. The van der Waals surface area contributed by atoms with Crippen LogP contribution in [0.25, 0.3) is 11.0 Å². The fourth-order valence-electron chi connectivity index (χ4n) is 3.15. The highest BCUT2D eigenvalue weighted by Crippen LogP contribution is 2.36. The van der Waals surface area contributed by atoms with E-state index in [1.54, 1.807) is 0 Å². The second-order valence-electron chi connectivity index (χ2n) is 5.76. The van der Waals surface area contributed by atoms with Gasteiger partial charge in [0, 0.05) is 6.04 Å². The van der Waals surface area contributed by atoms with Crippen molar-refractivity contribution in [2.45, 2.75) is 57.6 Å². The number of aromatic nitrogens is 2. The fourth-order valence-corrected chi connectivity index (χ4v) is 3.34. The Morgan fingerprint density at radius 3 is 2.75 bits per heavy atom. The fraction of sp³-hybridized carbons (Fsp3) is 0.562. The summed E-state index contributed by atoms with van der Waals surface area (Å²) in [5, 5.41) is 0. The molecular weight excluding hydrogens is 272 g/mol. The summed E-state index contributed by atoms with van der Waals surface area (Å²) < 4.78 is 8.22. The van der Waals surface area contributed by atoms with Gasteiger partial charge in [-0.3, -0.25) is 0 Å². The summed E-state index contributed by atoms with van der Waals surface area (Å²) in [6.45, 7) is 4.07. The number of para-hydroxylation sites is 1. The third-order valence-electron chi connectivity index (χ3n) is 3.93. The molecule has 0 bridgehead atoms. The Bertz CT molecular complexity index is 600. The summed E-state index contributed by atoms with van der Waals surface area (Å²) in [6.07, 6.45) is 5.20. The van der Waals surface area contributed by atoms with Crippen molar-refractivity contribution in [2.24, 2.45) is 0 Å². The minimum absolute atomic E-state index is 0.150. The Morgan fingerprint density at radius 1 is 1.35 bits per heavy atom. The van der Waals surface area contributed by atoms with Crippen LogP contribution < -0.4 is 4.74 Å². The van der Waals surface area contributed by atoms with Crippen molar-refractivity contribution in [2.75, 3.05) is 0 Å². The lowest BCUT2D eigenvalue weighted by Crippen LogP contribution is -2.08. The van der Waals surface area contributed by atoms with E-state index in [1.165, 1.54) is 25.7 Å². The minimum atomic E-state index is 0.150. The Balaban J connectivity index is 2.13. The van der Waals surface area contributed by atoms with Gasteiger partial charge >= 0.3 is 0 Å². The van der Waals surface area contributed by atoms with E-state index in [9.17, 15) is 0 Å². The summed E-state index contributed by atoms with van der Waals surface area (Å²) in [4.78, 5) is 4.73. The number of alkyl halides is 1. The van der Waals surface area contributed by atoms with Gasteiger partial charge in [0.2, 0.25) is 0 Å². The van der Waals surface area contributed by atoms with E-state index < -0.39 is 0 Å². The highest BCUT2D eigenvalue weighted by Gasteiger charge is 2.23. The third-order valence-corrected chi connectivity index (χ3v) is 4.17. The Morgan fingerprint density at radius 2 is 2.10 bits per heavy atom. The van der Waals surface area contributed by atoms with E-state index in [-0.39, 0.29) is 6.10 Å². The normalized spacial score (nSPS) is 16.4. The molecule has 1 saturated carbocycles. The van der Waals surface area contributed by atoms with E-state index in [4.69, 9.17) is 21.3 Å². The van der Waals surface area contributed by atoms with Crippen molar-refractivity contribution in [3.8, 4) is 5.75 Å². The molecule has 1 aromatic heterocycles. The number of fused-ring (bicyclic) bond motifs is 1. The number of imidazole rings is 1. The molecule has 20 heavy (non-hydrogen) atoms. The zero-order valence-corrected chi connectivity index (χ0v) is 12.9. The van der Waals surface area contributed by atoms with E-state index >= 15 is 0 Å². The van der Waals surface area contributed by atoms with Gasteiger partial charge in [-0.05, 0) is 38.8 Å². The maximum atomic E-state index is 6.12. The highest BCUT2D eigenvalue weighted by atomic mass is 35.5. The van der Waals surface area contributed by atoms with Gasteiger partial charge in [0.25, 0.3) is 0 Å². The van der Waals surface area contributed by atoms with E-state index in [0.29, 0.717) is 11.9 Å². The predicted molar refractivity (Wildman–Crippen MR) is 82.6 cm³/mol. The van der Waals surface area contributed by atoms with Crippen molar-refractivity contribution >= 4 is 22.6 Å². The molecule has 4 heteroatoms. The Kier molecular flexibility index (Phi) is 3.88. The SMILES string of the molecule is CC(C)Oc1cccc2c1nc(CCl)n2C1CCCC1. The van der Waals surface area contributed by atoms with Crippen molar-refractivity contribution < 1.29 is 4.74 Å². The molecule has 1 heterocycles. The van der Waals surface area contributed by atoms with Gasteiger partial charge < -0.3 is 9.30 Å². The molecule has 0 spiro atoms. The molecular formula is C16H21ClN2O. The van der Waals surface area contributed by atoms with Crippen molar-refractivity contribution in [1.82, 2.24) is 9.55 Å². The lowest BCUT2D eigenvalue weighted by molar-refractivity contribution is 0.245. The standard InChI is InChI=1S/C16H21ClN2O/c1-11(2)20-14-9-5-8-13-16(14)18-15(10-17)19(13)12-6-3-4-7-12/h5,8-9,11-12H,3-4,6-7,10H2,1-2H3. The predicted octanol–water partition coefficient (Wildman–Crippen LogP) is 4.68. The summed E-state index contributed by atoms with van der Waals surface area (Å²) >= 11 is 6.12. The first-order valence-corrected chi connectivity index (χ1v) is 7.96. The van der Waals surface area contributed by atoms with Crippen LogP contribution in [0.1, 0.15) is 51.4 Å².